The highest BCUT2D eigenvalue weighted by Crippen LogP contribution is 2.21. The summed E-state index contributed by atoms with van der Waals surface area (Å²) in [4.78, 5) is 33.6. The van der Waals surface area contributed by atoms with Gasteiger partial charge in [-0.05, 0) is 17.7 Å². The molecule has 1 aromatic heterocycles. The molecule has 0 aliphatic carbocycles. The summed E-state index contributed by atoms with van der Waals surface area (Å²) in [6, 6.07) is 16.0. The summed E-state index contributed by atoms with van der Waals surface area (Å²) < 4.78 is 0. The number of aromatic amines is 1. The fourth-order valence-corrected chi connectivity index (χ4v) is 2.88. The van der Waals surface area contributed by atoms with Crippen molar-refractivity contribution >= 4 is 17.7 Å². The molecule has 0 saturated carbocycles. The molecule has 0 atom stereocenters. The molecule has 0 bridgehead atoms. The first-order valence-corrected chi connectivity index (χ1v) is 8.09. The van der Waals surface area contributed by atoms with E-state index in [1.54, 1.807) is 12.1 Å². The van der Waals surface area contributed by atoms with Crippen LogP contribution in [0, 0.1) is 0 Å². The van der Waals surface area contributed by atoms with Crippen molar-refractivity contribution in [3.8, 4) is 11.4 Å². The molecule has 0 aliphatic heterocycles. The zero-order chi connectivity index (χ0) is 16.9. The molecule has 24 heavy (non-hydrogen) atoms. The van der Waals surface area contributed by atoms with Gasteiger partial charge in [-0.3, -0.25) is 4.98 Å². The van der Waals surface area contributed by atoms with Crippen LogP contribution in [0.5, 0.6) is 0 Å². The number of rotatable bonds is 5. The van der Waals surface area contributed by atoms with E-state index in [-0.39, 0.29) is 5.56 Å². The number of nitrogens with one attached hydrogen (secondary N) is 1. The first-order valence-electron chi connectivity index (χ1n) is 7.10. The standard InChI is InChI=1S/C17H13N3O3S/c21-15(22)13-8-4-5-11(9-13)10-24-17-19-14(18-16(23)20-17)12-6-2-1-3-7-12/h1-9H,10H2,(H,21,22)(H,18,19,20,23). The van der Waals surface area contributed by atoms with Crippen LogP contribution in [0.2, 0.25) is 0 Å². The lowest BCUT2D eigenvalue weighted by molar-refractivity contribution is 0.0697. The van der Waals surface area contributed by atoms with E-state index in [2.05, 4.69) is 15.0 Å². The third kappa shape index (κ3) is 3.88. The Kier molecular flexibility index (Phi) is 4.72. The Morgan fingerprint density at radius 2 is 1.88 bits per heavy atom. The zero-order valence-electron chi connectivity index (χ0n) is 12.5. The Balaban J connectivity index is 1.81. The van der Waals surface area contributed by atoms with Crippen molar-refractivity contribution in [2.75, 3.05) is 0 Å². The quantitative estimate of drug-likeness (QED) is 0.694. The predicted octanol–water partition coefficient (Wildman–Crippen LogP) is 2.82. The number of nitrogens with zero attached hydrogens (tertiary/aromatic N) is 2. The minimum Gasteiger partial charge on any atom is -0.478 e. The number of carboxylic acid groups (broad SMARTS) is 1. The highest BCUT2D eigenvalue weighted by atomic mass is 32.2. The van der Waals surface area contributed by atoms with E-state index in [4.69, 9.17) is 5.11 Å². The second kappa shape index (κ2) is 7.10. The van der Waals surface area contributed by atoms with Crippen molar-refractivity contribution in [3.63, 3.8) is 0 Å². The Labute approximate surface area is 141 Å². The molecule has 0 radical (unpaired) electrons. The van der Waals surface area contributed by atoms with Crippen LogP contribution in [0.15, 0.2) is 64.5 Å². The largest absolute Gasteiger partial charge is 0.478 e. The molecular weight excluding hydrogens is 326 g/mol. The van der Waals surface area contributed by atoms with Crippen molar-refractivity contribution in [1.29, 1.82) is 0 Å². The number of thioether (sulfide) groups is 1. The van der Waals surface area contributed by atoms with E-state index in [9.17, 15) is 9.59 Å². The number of hydrogen-bond acceptors (Lipinski definition) is 5. The Morgan fingerprint density at radius 1 is 1.08 bits per heavy atom. The summed E-state index contributed by atoms with van der Waals surface area (Å²) >= 11 is 1.28. The van der Waals surface area contributed by atoms with Crippen LogP contribution in [-0.2, 0) is 5.75 Å². The van der Waals surface area contributed by atoms with Gasteiger partial charge in [0.2, 0.25) is 0 Å². The molecule has 3 rings (SSSR count). The van der Waals surface area contributed by atoms with E-state index in [1.807, 2.05) is 36.4 Å². The molecular formula is C17H13N3O3S. The lowest BCUT2D eigenvalue weighted by Gasteiger charge is -2.04. The number of H-pyrrole nitrogens is 1. The van der Waals surface area contributed by atoms with Gasteiger partial charge in [0, 0.05) is 11.3 Å². The maximum Gasteiger partial charge on any atom is 0.349 e. The predicted molar refractivity (Wildman–Crippen MR) is 91.1 cm³/mol. The minimum absolute atomic E-state index is 0.227. The first kappa shape index (κ1) is 15.9. The SMILES string of the molecule is O=C(O)c1cccc(CSc2nc(-c3ccccc3)[nH]c(=O)n2)c1. The molecule has 2 N–H and O–H groups in total. The van der Waals surface area contributed by atoms with Crippen molar-refractivity contribution in [2.24, 2.45) is 0 Å². The van der Waals surface area contributed by atoms with Crippen molar-refractivity contribution in [3.05, 3.63) is 76.2 Å². The second-order valence-electron chi connectivity index (χ2n) is 4.95. The fourth-order valence-electron chi connectivity index (χ4n) is 2.10. The topological polar surface area (TPSA) is 95.9 Å². The number of carboxylic acids is 1. The molecule has 0 unspecified atom stereocenters. The van der Waals surface area contributed by atoms with E-state index in [0.717, 1.165) is 11.1 Å². The Bertz CT molecular complexity index is 926. The number of carbonyl (C=O) groups is 1. The smallest absolute Gasteiger partial charge is 0.349 e. The van der Waals surface area contributed by atoms with Gasteiger partial charge in [-0.25, -0.2) is 14.6 Å². The number of hydrogen-bond donors (Lipinski definition) is 2. The number of benzene rings is 2. The van der Waals surface area contributed by atoms with Gasteiger partial charge in [-0.15, -0.1) is 0 Å². The molecule has 3 aromatic rings. The highest BCUT2D eigenvalue weighted by Gasteiger charge is 2.08. The van der Waals surface area contributed by atoms with Gasteiger partial charge in [0.15, 0.2) is 5.16 Å². The molecule has 0 fully saturated rings. The molecule has 6 nitrogen and oxygen atoms in total. The van der Waals surface area contributed by atoms with Crippen molar-refractivity contribution in [1.82, 2.24) is 15.0 Å². The maximum atomic E-state index is 11.7. The van der Waals surface area contributed by atoms with Gasteiger partial charge >= 0.3 is 11.7 Å². The lowest BCUT2D eigenvalue weighted by Crippen LogP contribution is -2.14. The normalized spacial score (nSPS) is 10.5. The number of aromatic carboxylic acids is 1. The number of aromatic nitrogens is 3. The van der Waals surface area contributed by atoms with Crippen LogP contribution in [0.3, 0.4) is 0 Å². The van der Waals surface area contributed by atoms with E-state index in [0.29, 0.717) is 16.7 Å². The van der Waals surface area contributed by atoms with Gasteiger partial charge in [0.1, 0.15) is 5.82 Å². The lowest BCUT2D eigenvalue weighted by atomic mass is 10.1. The average Bonchev–Trinajstić information content (AvgIpc) is 2.60. The second-order valence-corrected chi connectivity index (χ2v) is 5.89. The molecule has 2 aromatic carbocycles. The molecule has 0 spiro atoms. The molecule has 0 amide bonds. The monoisotopic (exact) mass is 339 g/mol. The van der Waals surface area contributed by atoms with Crippen LogP contribution in [0.1, 0.15) is 15.9 Å². The highest BCUT2D eigenvalue weighted by molar-refractivity contribution is 7.98. The third-order valence-corrected chi connectivity index (χ3v) is 4.14. The Morgan fingerprint density at radius 3 is 2.62 bits per heavy atom. The van der Waals surface area contributed by atoms with Crippen LogP contribution < -0.4 is 5.69 Å². The average molecular weight is 339 g/mol. The van der Waals surface area contributed by atoms with Crippen molar-refractivity contribution < 1.29 is 9.90 Å². The molecule has 1 heterocycles. The van der Waals surface area contributed by atoms with Crippen LogP contribution in [0.4, 0.5) is 0 Å². The zero-order valence-corrected chi connectivity index (χ0v) is 13.3. The van der Waals surface area contributed by atoms with E-state index >= 15 is 0 Å². The van der Waals surface area contributed by atoms with Crippen molar-refractivity contribution in [2.45, 2.75) is 10.9 Å². The Hall–Kier alpha value is -2.93. The summed E-state index contributed by atoms with van der Waals surface area (Å²) in [6.45, 7) is 0. The molecule has 120 valence electrons. The van der Waals surface area contributed by atoms with Crippen LogP contribution in [-0.4, -0.2) is 26.0 Å². The first-order chi connectivity index (χ1) is 11.6. The van der Waals surface area contributed by atoms with Crippen LogP contribution in [0.25, 0.3) is 11.4 Å². The summed E-state index contributed by atoms with van der Waals surface area (Å²) in [7, 11) is 0. The molecule has 7 heteroatoms. The summed E-state index contributed by atoms with van der Waals surface area (Å²) in [6.07, 6.45) is 0. The van der Waals surface area contributed by atoms with Gasteiger partial charge in [0.25, 0.3) is 0 Å². The van der Waals surface area contributed by atoms with Crippen LogP contribution >= 0.6 is 11.8 Å². The molecule has 0 aliphatic rings. The molecule has 0 saturated heterocycles. The maximum absolute atomic E-state index is 11.7. The van der Waals surface area contributed by atoms with Gasteiger partial charge in [-0.1, -0.05) is 54.2 Å². The minimum atomic E-state index is -0.972. The van der Waals surface area contributed by atoms with Gasteiger partial charge in [0.05, 0.1) is 5.56 Å². The summed E-state index contributed by atoms with van der Waals surface area (Å²) in [5.74, 6) is -0.0447. The van der Waals surface area contributed by atoms with E-state index < -0.39 is 11.7 Å². The van der Waals surface area contributed by atoms with E-state index in [1.165, 1.54) is 17.8 Å². The van der Waals surface area contributed by atoms with Gasteiger partial charge < -0.3 is 5.11 Å². The summed E-state index contributed by atoms with van der Waals surface area (Å²) in [5.41, 5.74) is 1.38. The third-order valence-electron chi connectivity index (χ3n) is 3.22. The summed E-state index contributed by atoms with van der Waals surface area (Å²) in [5, 5.41) is 9.36. The van der Waals surface area contributed by atoms with Gasteiger partial charge in [-0.2, -0.15) is 4.98 Å². The fraction of sp³-hybridized carbons (Fsp3) is 0.0588.